The molecule has 1 rings (SSSR count). The van der Waals surface area contributed by atoms with Crippen molar-refractivity contribution in [3.8, 4) is 5.75 Å². The highest BCUT2D eigenvalue weighted by molar-refractivity contribution is 6.29. The molecular weight excluding hydrogens is 445 g/mol. The van der Waals surface area contributed by atoms with Gasteiger partial charge < -0.3 is 21.1 Å². The van der Waals surface area contributed by atoms with Crippen LogP contribution in [-0.2, 0) is 19.2 Å². The molecule has 10 nitrogen and oxygen atoms in total. The van der Waals surface area contributed by atoms with Gasteiger partial charge in [0.1, 0.15) is 11.8 Å². The molecule has 1 aromatic rings. The van der Waals surface area contributed by atoms with Crippen molar-refractivity contribution in [2.75, 3.05) is 25.5 Å². The Balaban J connectivity index is 2.80. The number of hydrogen-bond acceptors (Lipinski definition) is 6. The fourth-order valence-electron chi connectivity index (χ4n) is 2.64. The lowest BCUT2D eigenvalue weighted by Gasteiger charge is -2.27. The number of halogens is 2. The van der Waals surface area contributed by atoms with Crippen LogP contribution in [-0.4, -0.2) is 60.5 Å². The van der Waals surface area contributed by atoms with Crippen LogP contribution < -0.4 is 26.5 Å². The Morgan fingerprint density at radius 1 is 1.25 bits per heavy atom. The first-order valence-corrected chi connectivity index (χ1v) is 10.3. The molecule has 2 atom stereocenters. The van der Waals surface area contributed by atoms with Crippen LogP contribution in [0.15, 0.2) is 24.3 Å². The third-order valence-electron chi connectivity index (χ3n) is 4.16. The van der Waals surface area contributed by atoms with Crippen molar-refractivity contribution in [2.24, 2.45) is 11.7 Å². The van der Waals surface area contributed by atoms with E-state index in [1.165, 1.54) is 7.11 Å². The number of benzene rings is 1. The fraction of sp³-hybridized carbons (Fsp3) is 0.500. The molecule has 32 heavy (non-hydrogen) atoms. The number of rotatable bonds is 12. The molecule has 178 valence electrons. The zero-order chi connectivity index (χ0) is 24.3. The van der Waals surface area contributed by atoms with Crippen molar-refractivity contribution in [3.63, 3.8) is 0 Å². The molecule has 4 amide bonds. The monoisotopic (exact) mass is 473 g/mol. The van der Waals surface area contributed by atoms with Gasteiger partial charge in [-0.15, -0.1) is 0 Å². The molecule has 0 heterocycles. The number of alkyl halides is 2. The Kier molecular flexibility index (Phi) is 11.3. The first kappa shape index (κ1) is 27.0. The van der Waals surface area contributed by atoms with E-state index in [1.807, 2.05) is 13.8 Å². The molecule has 0 fully saturated rings. The summed E-state index contributed by atoms with van der Waals surface area (Å²) in [5.74, 6) is -2.63. The number of amides is 4. The van der Waals surface area contributed by atoms with Gasteiger partial charge in [0.15, 0.2) is 0 Å². The van der Waals surface area contributed by atoms with Gasteiger partial charge in [-0.2, -0.15) is 0 Å². The van der Waals surface area contributed by atoms with E-state index in [0.717, 1.165) is 0 Å². The summed E-state index contributed by atoms with van der Waals surface area (Å²) in [5, 5.41) is 6.08. The average Bonchev–Trinajstić information content (AvgIpc) is 2.73. The number of nitrogens with two attached hydrogens (primary N) is 1. The van der Waals surface area contributed by atoms with E-state index in [4.69, 9.17) is 22.1 Å². The van der Waals surface area contributed by atoms with Gasteiger partial charge in [0.05, 0.1) is 20.2 Å². The first-order valence-electron chi connectivity index (χ1n) is 9.89. The summed E-state index contributed by atoms with van der Waals surface area (Å²) < 4.78 is 18.4. The van der Waals surface area contributed by atoms with Gasteiger partial charge in [-0.3, -0.25) is 24.6 Å². The minimum absolute atomic E-state index is 0.00844. The number of primary amides is 1. The summed E-state index contributed by atoms with van der Waals surface area (Å²) in [6.45, 7) is 3.18. The number of hydrogen-bond donors (Lipinski definition) is 4. The number of hydrazine groups is 1. The number of methoxy groups -OCH3 is 1. The maximum atomic E-state index is 13.3. The standard InChI is InChI=1S/C20H29ClFN5O5/c1-12(2)9-15(19(30)26-27(8-7-16(23)28)20(31)18(21)22)25-17(29)11-24-13-5-4-6-14(10-13)32-3/h4-6,10,12,15,18,24H,7-9,11H2,1-3H3,(H2,23,28)(H,25,29)(H,26,30)/t15-,18-/m0/s1. The van der Waals surface area contributed by atoms with Crippen LogP contribution in [0.5, 0.6) is 5.75 Å². The van der Waals surface area contributed by atoms with Crippen molar-refractivity contribution < 1.29 is 28.3 Å². The van der Waals surface area contributed by atoms with Gasteiger partial charge in [-0.25, -0.2) is 9.40 Å². The number of anilines is 1. The molecule has 12 heteroatoms. The summed E-state index contributed by atoms with van der Waals surface area (Å²) in [6.07, 6.45) is -0.0736. The van der Waals surface area contributed by atoms with Gasteiger partial charge in [0, 0.05) is 18.2 Å². The Hall–Kier alpha value is -3.08. The van der Waals surface area contributed by atoms with Crippen molar-refractivity contribution in [1.29, 1.82) is 0 Å². The molecule has 0 aliphatic rings. The largest absolute Gasteiger partial charge is 0.497 e. The Morgan fingerprint density at radius 3 is 2.50 bits per heavy atom. The third kappa shape index (κ3) is 9.82. The lowest BCUT2D eigenvalue weighted by molar-refractivity contribution is -0.145. The van der Waals surface area contributed by atoms with Crippen LogP contribution in [0.3, 0.4) is 0 Å². The zero-order valence-corrected chi connectivity index (χ0v) is 18.9. The summed E-state index contributed by atoms with van der Waals surface area (Å²) in [7, 11) is 1.52. The molecule has 0 aliphatic heterocycles. The van der Waals surface area contributed by atoms with Crippen LogP contribution in [0.25, 0.3) is 0 Å². The number of nitrogens with zero attached hydrogens (tertiary/aromatic N) is 1. The minimum atomic E-state index is -2.42. The van der Waals surface area contributed by atoms with Crippen LogP contribution in [0.1, 0.15) is 26.7 Å². The SMILES string of the molecule is COc1cccc(NCC(=O)N[C@@H](CC(C)C)C(=O)NN(CCC(N)=O)C(=O)[C@H](F)Cl)c1. The maximum absolute atomic E-state index is 13.3. The average molecular weight is 474 g/mol. The van der Waals surface area contributed by atoms with Crippen molar-refractivity contribution in [3.05, 3.63) is 24.3 Å². The van der Waals surface area contributed by atoms with Gasteiger partial charge in [0.25, 0.3) is 17.4 Å². The highest BCUT2D eigenvalue weighted by Gasteiger charge is 2.28. The molecule has 5 N–H and O–H groups in total. The van der Waals surface area contributed by atoms with E-state index in [1.54, 1.807) is 24.3 Å². The first-order chi connectivity index (χ1) is 15.0. The molecule has 0 radical (unpaired) electrons. The van der Waals surface area contributed by atoms with E-state index in [9.17, 15) is 23.6 Å². The second-order valence-electron chi connectivity index (χ2n) is 7.32. The molecule has 0 saturated carbocycles. The van der Waals surface area contributed by atoms with Gasteiger partial charge in [0.2, 0.25) is 11.8 Å². The van der Waals surface area contributed by atoms with E-state index in [2.05, 4.69) is 16.1 Å². The highest BCUT2D eigenvalue weighted by Crippen LogP contribution is 2.16. The lowest BCUT2D eigenvalue weighted by atomic mass is 10.0. The molecule has 0 unspecified atom stereocenters. The predicted molar refractivity (Wildman–Crippen MR) is 117 cm³/mol. The second kappa shape index (κ2) is 13.4. The molecule has 0 aromatic heterocycles. The quantitative estimate of drug-likeness (QED) is 0.262. The van der Waals surface area contributed by atoms with Crippen LogP contribution in [0.4, 0.5) is 10.1 Å². The van der Waals surface area contributed by atoms with E-state index in [0.29, 0.717) is 16.4 Å². The lowest BCUT2D eigenvalue weighted by Crippen LogP contribution is -2.56. The van der Waals surface area contributed by atoms with Gasteiger partial charge >= 0.3 is 0 Å². The Morgan fingerprint density at radius 2 is 1.94 bits per heavy atom. The normalized spacial score (nSPS) is 12.4. The van der Waals surface area contributed by atoms with Crippen LogP contribution >= 0.6 is 11.6 Å². The number of carbonyl (C=O) groups is 4. The van der Waals surface area contributed by atoms with Gasteiger partial charge in [-0.1, -0.05) is 31.5 Å². The number of nitrogens with one attached hydrogen (secondary N) is 3. The molecule has 0 saturated heterocycles. The third-order valence-corrected chi connectivity index (χ3v) is 4.35. The van der Waals surface area contributed by atoms with Crippen molar-refractivity contribution >= 4 is 40.9 Å². The predicted octanol–water partition coefficient (Wildman–Crippen LogP) is 0.908. The molecule has 1 aromatic carbocycles. The molecule has 0 spiro atoms. The van der Waals surface area contributed by atoms with Crippen LogP contribution in [0, 0.1) is 5.92 Å². The number of carbonyl (C=O) groups excluding carboxylic acids is 4. The second-order valence-corrected chi connectivity index (χ2v) is 7.70. The topological polar surface area (TPSA) is 143 Å². The van der Waals surface area contributed by atoms with E-state index >= 15 is 0 Å². The summed E-state index contributed by atoms with van der Waals surface area (Å²) in [4.78, 5) is 48.0. The smallest absolute Gasteiger partial charge is 0.291 e. The van der Waals surface area contributed by atoms with Gasteiger partial charge in [-0.05, 0) is 24.5 Å². The minimum Gasteiger partial charge on any atom is -0.497 e. The molecule has 0 aliphatic carbocycles. The number of ether oxygens (including phenoxy) is 1. The van der Waals surface area contributed by atoms with E-state index < -0.39 is 35.3 Å². The summed E-state index contributed by atoms with van der Waals surface area (Å²) in [6, 6.07) is 5.93. The Bertz CT molecular complexity index is 808. The van der Waals surface area contributed by atoms with Crippen LogP contribution in [0.2, 0.25) is 0 Å². The zero-order valence-electron chi connectivity index (χ0n) is 18.2. The molecular formula is C20H29ClFN5O5. The maximum Gasteiger partial charge on any atom is 0.291 e. The van der Waals surface area contributed by atoms with E-state index in [-0.39, 0.29) is 31.8 Å². The molecule has 0 bridgehead atoms. The summed E-state index contributed by atoms with van der Waals surface area (Å²) in [5.41, 5.74) is 5.48. The van der Waals surface area contributed by atoms with Crippen molar-refractivity contribution in [1.82, 2.24) is 15.8 Å². The Labute approximate surface area is 190 Å². The highest BCUT2D eigenvalue weighted by atomic mass is 35.5. The fourth-order valence-corrected chi connectivity index (χ4v) is 2.75. The van der Waals surface area contributed by atoms with Crippen molar-refractivity contribution in [2.45, 2.75) is 38.4 Å². The summed E-state index contributed by atoms with van der Waals surface area (Å²) >= 11 is 5.18.